The minimum Gasteiger partial charge on any atom is -0.508 e. The van der Waals surface area contributed by atoms with Crippen LogP contribution in [0, 0.1) is 0 Å². The average molecular weight is 461 g/mol. The van der Waals surface area contributed by atoms with Gasteiger partial charge in [-0.15, -0.1) is 0 Å². The number of phenols is 1. The van der Waals surface area contributed by atoms with Gasteiger partial charge in [-0.3, -0.25) is 4.79 Å². The minimum atomic E-state index is -4.62. The van der Waals surface area contributed by atoms with Crippen LogP contribution in [0.2, 0.25) is 0 Å². The number of nitrogens with one attached hydrogen (secondary N) is 2. The number of aromatic amines is 1. The quantitative estimate of drug-likeness (QED) is 0.416. The van der Waals surface area contributed by atoms with Gasteiger partial charge in [0.2, 0.25) is 5.71 Å². The molecule has 150 valence electrons. The van der Waals surface area contributed by atoms with Crippen molar-refractivity contribution < 1.29 is 28.2 Å². The van der Waals surface area contributed by atoms with Crippen LogP contribution in [0.4, 0.5) is 13.2 Å². The van der Waals surface area contributed by atoms with E-state index < -0.39 is 29.4 Å². The number of hydrogen-bond donors (Lipinski definition) is 4. The van der Waals surface area contributed by atoms with E-state index in [9.17, 15) is 23.1 Å². The topological polar surface area (TPSA) is 99.5 Å². The van der Waals surface area contributed by atoms with Crippen molar-refractivity contribution in [1.82, 2.24) is 15.0 Å². The second-order valence-corrected chi connectivity index (χ2v) is 7.01. The molecule has 1 heterocycles. The Balaban J connectivity index is 2.41. The van der Waals surface area contributed by atoms with Gasteiger partial charge in [0.05, 0.1) is 16.1 Å². The number of aromatic nitrogens is 1. The summed E-state index contributed by atoms with van der Waals surface area (Å²) in [4.78, 5) is 15.5. The van der Waals surface area contributed by atoms with Crippen molar-refractivity contribution in [1.29, 1.82) is 0 Å². The van der Waals surface area contributed by atoms with Crippen LogP contribution >= 0.6 is 15.9 Å². The third kappa shape index (κ3) is 5.48. The molecule has 0 aliphatic carbocycles. The molecule has 1 aromatic carbocycles. The molecule has 0 saturated heterocycles. The van der Waals surface area contributed by atoms with Crippen molar-refractivity contribution in [2.24, 2.45) is 0 Å². The molecule has 1 aromatic heterocycles. The van der Waals surface area contributed by atoms with Gasteiger partial charge in [-0.25, -0.2) is 9.65 Å². The molecular weight excluding hydrogens is 443 g/mol. The van der Waals surface area contributed by atoms with Crippen molar-refractivity contribution in [2.75, 3.05) is 6.61 Å². The molecule has 10 heteroatoms. The van der Waals surface area contributed by atoms with E-state index >= 15 is 0 Å². The van der Waals surface area contributed by atoms with E-state index in [-0.39, 0.29) is 23.2 Å². The predicted molar refractivity (Wildman–Crippen MR) is 101 cm³/mol. The van der Waals surface area contributed by atoms with E-state index in [4.69, 9.17) is 5.11 Å². The zero-order chi connectivity index (χ0) is 21.1. The number of hydrogen-bond acceptors (Lipinski definition) is 3. The van der Waals surface area contributed by atoms with Gasteiger partial charge in [0.25, 0.3) is 5.91 Å². The monoisotopic (exact) mass is 460 g/mol. The Labute approximate surface area is 166 Å². The first-order valence-corrected chi connectivity index (χ1v) is 8.89. The lowest BCUT2D eigenvalue weighted by molar-refractivity contribution is -0.137. The van der Waals surface area contributed by atoms with Crippen molar-refractivity contribution in [3.8, 4) is 5.75 Å². The average Bonchev–Trinajstić information content (AvgIpc) is 2.61. The van der Waals surface area contributed by atoms with E-state index in [1.165, 1.54) is 13.0 Å². The highest BCUT2D eigenvalue weighted by Gasteiger charge is 2.32. The summed E-state index contributed by atoms with van der Waals surface area (Å²) in [6, 6.07) is 3.31. The van der Waals surface area contributed by atoms with Crippen molar-refractivity contribution in [3.63, 3.8) is 0 Å². The maximum absolute atomic E-state index is 12.9. The Hall–Kier alpha value is -2.55. The van der Waals surface area contributed by atoms with Crippen LogP contribution in [-0.4, -0.2) is 33.4 Å². The van der Waals surface area contributed by atoms with Gasteiger partial charge in [0, 0.05) is 6.92 Å². The van der Waals surface area contributed by atoms with Crippen LogP contribution in [-0.2, 0) is 6.18 Å². The number of halogens is 4. The summed E-state index contributed by atoms with van der Waals surface area (Å²) in [7, 11) is 0. The first-order chi connectivity index (χ1) is 13.0. The molecule has 28 heavy (non-hydrogen) atoms. The molecule has 0 radical (unpaired) electrons. The van der Waals surface area contributed by atoms with Gasteiger partial charge in [-0.05, 0) is 52.7 Å². The fourth-order valence-corrected chi connectivity index (χ4v) is 2.70. The summed E-state index contributed by atoms with van der Waals surface area (Å²) in [5.41, 5.74) is -0.237. The van der Waals surface area contributed by atoms with E-state index in [1.807, 2.05) is 0 Å². The van der Waals surface area contributed by atoms with Crippen LogP contribution in [0.25, 0.3) is 0 Å². The molecule has 2 rings (SSSR count). The Morgan fingerprint density at radius 3 is 2.61 bits per heavy atom. The molecule has 6 nitrogen and oxygen atoms in total. The lowest BCUT2D eigenvalue weighted by Crippen LogP contribution is -2.33. The summed E-state index contributed by atoms with van der Waals surface area (Å²) >= 11 is 3.23. The zero-order valence-corrected chi connectivity index (χ0v) is 16.5. The number of H-pyrrole nitrogens is 1. The maximum Gasteiger partial charge on any atom is 0.416 e. The first kappa shape index (κ1) is 21.7. The molecule has 0 bridgehead atoms. The molecule has 0 spiro atoms. The fourth-order valence-electron chi connectivity index (χ4n) is 2.36. The van der Waals surface area contributed by atoms with Crippen LogP contribution in [0.15, 0.2) is 34.9 Å². The lowest BCUT2D eigenvalue weighted by Gasteiger charge is -2.16. The predicted octanol–water partition coefficient (Wildman–Crippen LogP) is 2.41. The summed E-state index contributed by atoms with van der Waals surface area (Å²) < 4.78 is 43.5. The van der Waals surface area contributed by atoms with Crippen LogP contribution in [0.5, 0.6) is 5.75 Å². The molecule has 0 aliphatic heterocycles. The summed E-state index contributed by atoms with van der Waals surface area (Å²) in [5.74, 6) is -1.14. The number of aromatic hydroxyl groups is 1. The number of rotatable bonds is 4. The summed E-state index contributed by atoms with van der Waals surface area (Å²) in [6.45, 7) is 2.77. The second-order valence-electron chi connectivity index (χ2n) is 6.09. The zero-order valence-electron chi connectivity index (χ0n) is 14.9. The van der Waals surface area contributed by atoms with E-state index in [0.29, 0.717) is 16.3 Å². The molecule has 1 atom stereocenters. The third-order valence-corrected chi connectivity index (χ3v) is 4.23. The highest BCUT2D eigenvalue weighted by Crippen LogP contribution is 2.33. The van der Waals surface area contributed by atoms with Gasteiger partial charge in [0.1, 0.15) is 24.1 Å². The van der Waals surface area contributed by atoms with Gasteiger partial charge >= 0.3 is 11.7 Å². The van der Waals surface area contributed by atoms with Crippen LogP contribution < -0.4 is 15.5 Å². The Bertz CT molecular complexity index is 996. The van der Waals surface area contributed by atoms with Gasteiger partial charge < -0.3 is 15.5 Å². The summed E-state index contributed by atoms with van der Waals surface area (Å²) in [5, 5.41) is 21.3. The molecule has 0 aliphatic rings. The molecular formula is C18H18BrF3N3O3+. The van der Waals surface area contributed by atoms with Crippen molar-refractivity contribution >= 4 is 27.5 Å². The number of benzene rings is 1. The smallest absolute Gasteiger partial charge is 0.416 e. The van der Waals surface area contributed by atoms with E-state index in [2.05, 4.69) is 30.9 Å². The molecule has 2 aromatic rings. The van der Waals surface area contributed by atoms with E-state index in [1.54, 1.807) is 13.1 Å². The standard InChI is InChI=1S/C18H17BrF3N3O3/c1-9(8-26)24-16-15(6-13(19)7-23-16)17(28)25-10(2)11-3-12(18(20,21)22)5-14(27)4-11/h3-7,10,26H,8H2,1-2H3,(H2,25,27,28)/p+1/t10-/m1/s1. The largest absolute Gasteiger partial charge is 0.508 e. The number of alkyl halides is 3. The highest BCUT2D eigenvalue weighted by molar-refractivity contribution is 9.10. The minimum absolute atomic E-state index is 0.0937. The number of aliphatic hydroxyl groups is 1. The highest BCUT2D eigenvalue weighted by atomic mass is 79.9. The van der Waals surface area contributed by atoms with Gasteiger partial charge in [-0.2, -0.15) is 13.2 Å². The number of nitrogens with zero attached hydrogens (tertiary/aromatic N) is 1. The van der Waals surface area contributed by atoms with E-state index in [0.717, 1.165) is 12.1 Å². The molecule has 4 N–H and O–H groups in total. The van der Waals surface area contributed by atoms with Crippen LogP contribution in [0.3, 0.4) is 0 Å². The van der Waals surface area contributed by atoms with Crippen molar-refractivity contribution in [2.45, 2.75) is 26.1 Å². The molecule has 0 saturated carbocycles. The molecule has 0 fully saturated rings. The number of carbonyl (C=O) groups excluding carboxylic acids is 1. The molecule has 0 unspecified atom stereocenters. The normalized spacial score (nSPS) is 12.2. The van der Waals surface area contributed by atoms with Gasteiger partial charge in [0.15, 0.2) is 0 Å². The Morgan fingerprint density at radius 2 is 2.00 bits per heavy atom. The van der Waals surface area contributed by atoms with Crippen LogP contribution in [0.1, 0.15) is 41.4 Å². The number of pyridine rings is 1. The van der Waals surface area contributed by atoms with Gasteiger partial charge in [-0.1, -0.05) is 0 Å². The SMILES string of the molecule is CC(CO)=[N+]=c1[nH]cc(Br)cc1C(=O)N[C@H](C)c1cc(O)cc(C(F)(F)F)c1. The number of carbonyl (C=O) groups is 1. The lowest BCUT2D eigenvalue weighted by atomic mass is 10.0. The number of aliphatic hydroxyl groups excluding tert-OH is 1. The second kappa shape index (κ2) is 8.64. The Morgan fingerprint density at radius 1 is 1.32 bits per heavy atom. The number of phenolic OH excluding ortho intramolecular Hbond substituents is 1. The first-order valence-electron chi connectivity index (χ1n) is 8.09. The number of amides is 1. The summed E-state index contributed by atoms with van der Waals surface area (Å²) in [6.07, 6.45) is -3.07. The third-order valence-electron chi connectivity index (χ3n) is 3.78. The fraction of sp³-hybridized carbons (Fsp3) is 0.278. The Kier molecular flexibility index (Phi) is 6.71. The maximum atomic E-state index is 12.9. The van der Waals surface area contributed by atoms with Crippen molar-refractivity contribution in [3.05, 3.63) is 57.1 Å². The molecule has 1 amide bonds.